The smallest absolute Gasteiger partial charge is 0.432 e. The Labute approximate surface area is 259 Å². The molecule has 13 heteroatoms. The van der Waals surface area contributed by atoms with Crippen LogP contribution in [0, 0.1) is 0 Å². The van der Waals surface area contributed by atoms with Crippen molar-refractivity contribution in [2.45, 2.75) is 18.7 Å². The number of ketones is 1. The fraction of sp³-hybridized carbons (Fsp3) is 0.323. The van der Waals surface area contributed by atoms with Crippen LogP contribution in [0.3, 0.4) is 0 Å². The van der Waals surface area contributed by atoms with Crippen molar-refractivity contribution in [1.82, 2.24) is 10.2 Å². The van der Waals surface area contributed by atoms with Crippen LogP contribution in [-0.4, -0.2) is 75.8 Å². The average molecular weight is 624 g/mol. The highest BCUT2D eigenvalue weighted by atomic mass is 32.2. The number of aryl methyl sites for hydroxylation is 1. The number of benzene rings is 2. The van der Waals surface area contributed by atoms with Crippen molar-refractivity contribution in [3.63, 3.8) is 0 Å². The van der Waals surface area contributed by atoms with Crippen molar-refractivity contribution in [3.05, 3.63) is 65.3 Å². The number of ether oxygens (including phenoxy) is 4. The summed E-state index contributed by atoms with van der Waals surface area (Å²) in [6.45, 7) is 4.63. The maximum atomic E-state index is 12.8. The maximum Gasteiger partial charge on any atom is 0.513 e. The summed E-state index contributed by atoms with van der Waals surface area (Å²) in [6, 6.07) is 12.2. The summed E-state index contributed by atoms with van der Waals surface area (Å²) in [5, 5.41) is 4.23. The molecule has 1 N–H and O–H groups in total. The number of carbonyl (C=O) groups is 4. The van der Waals surface area contributed by atoms with Crippen molar-refractivity contribution < 1.29 is 42.7 Å². The minimum atomic E-state index is -0.866. The van der Waals surface area contributed by atoms with E-state index in [0.717, 1.165) is 21.1 Å². The number of nitrogens with zero attached hydrogens (tertiary/aromatic N) is 3. The fourth-order valence-electron chi connectivity index (χ4n) is 4.36. The number of carbonyl (C=O) groups excluding carboxylic acids is 4. The molecule has 0 radical (unpaired) electrons. The van der Waals surface area contributed by atoms with Crippen LogP contribution in [0.5, 0.6) is 11.5 Å². The quantitative estimate of drug-likeness (QED) is 0.110. The Hall–Kier alpha value is -4.62. The predicted octanol–water partition coefficient (Wildman–Crippen LogP) is 4.05. The summed E-state index contributed by atoms with van der Waals surface area (Å²) < 4.78 is 23.1. The van der Waals surface area contributed by atoms with Gasteiger partial charge < -0.3 is 34.1 Å². The molecule has 0 saturated carbocycles. The van der Waals surface area contributed by atoms with Crippen LogP contribution >= 0.6 is 11.8 Å². The molecule has 3 aromatic rings. The summed E-state index contributed by atoms with van der Waals surface area (Å²) in [5.41, 5.74) is 2.03. The SMILES string of the molecule is CCN1/C(=C/C(C)=O)Sc2ccc(OC(=O)OCCOCCNC(=O)c3cc4c(OC(=O)N(C)C)cccc4[n+](C)c3)cc21. The number of anilines is 1. The topological polar surface area (TPSA) is 128 Å². The van der Waals surface area contributed by atoms with Crippen LogP contribution < -0.4 is 24.3 Å². The first kappa shape index (κ1) is 32.3. The third kappa shape index (κ3) is 8.05. The van der Waals surface area contributed by atoms with E-state index in [-0.39, 0.29) is 38.1 Å². The summed E-state index contributed by atoms with van der Waals surface area (Å²) in [4.78, 5) is 52.9. The first-order chi connectivity index (χ1) is 21.1. The van der Waals surface area contributed by atoms with E-state index in [1.807, 2.05) is 24.0 Å². The molecular formula is C31H35N4O8S+. The van der Waals surface area contributed by atoms with E-state index < -0.39 is 12.2 Å². The molecule has 0 spiro atoms. The number of allylic oxidation sites excluding steroid dienone is 1. The van der Waals surface area contributed by atoms with Crippen LogP contribution in [0.25, 0.3) is 10.9 Å². The fourth-order valence-corrected chi connectivity index (χ4v) is 5.55. The third-order valence-corrected chi connectivity index (χ3v) is 7.52. The molecule has 1 aliphatic heterocycles. The molecule has 2 amide bonds. The van der Waals surface area contributed by atoms with Gasteiger partial charge in [-0.2, -0.15) is 0 Å². The molecule has 0 atom stereocenters. The Morgan fingerprint density at radius 3 is 2.57 bits per heavy atom. The van der Waals surface area contributed by atoms with Gasteiger partial charge in [-0.05, 0) is 38.1 Å². The van der Waals surface area contributed by atoms with Gasteiger partial charge in [-0.25, -0.2) is 14.2 Å². The number of thioether (sulfide) groups is 1. The lowest BCUT2D eigenvalue weighted by Crippen LogP contribution is -2.34. The van der Waals surface area contributed by atoms with Crippen molar-refractivity contribution >= 4 is 52.3 Å². The Bertz CT molecular complexity index is 1610. The molecule has 2 heterocycles. The lowest BCUT2D eigenvalue weighted by atomic mass is 10.1. The van der Waals surface area contributed by atoms with Crippen molar-refractivity contribution in [2.75, 3.05) is 51.9 Å². The number of hydrogen-bond acceptors (Lipinski definition) is 10. The Kier molecular flexibility index (Phi) is 10.8. The number of hydrogen-bond donors (Lipinski definition) is 1. The van der Waals surface area contributed by atoms with Gasteiger partial charge in [0.2, 0.25) is 5.52 Å². The normalized spacial score (nSPS) is 13.0. The van der Waals surface area contributed by atoms with Crippen molar-refractivity contribution in [2.24, 2.45) is 7.05 Å². The summed E-state index contributed by atoms with van der Waals surface area (Å²) >= 11 is 1.49. The van der Waals surface area contributed by atoms with Crippen LogP contribution in [0.2, 0.25) is 0 Å². The number of nitrogens with one attached hydrogen (secondary N) is 1. The van der Waals surface area contributed by atoms with Gasteiger partial charge in [0, 0.05) is 50.3 Å². The molecule has 2 aromatic carbocycles. The van der Waals surface area contributed by atoms with Gasteiger partial charge in [-0.3, -0.25) is 9.59 Å². The van der Waals surface area contributed by atoms with Gasteiger partial charge in [0.15, 0.2) is 12.0 Å². The van der Waals surface area contributed by atoms with Crippen molar-refractivity contribution in [1.29, 1.82) is 0 Å². The van der Waals surface area contributed by atoms with Crippen LogP contribution in [-0.2, 0) is 21.3 Å². The number of aromatic nitrogens is 1. The minimum Gasteiger partial charge on any atom is -0.432 e. The van der Waals surface area contributed by atoms with Gasteiger partial charge in [-0.1, -0.05) is 17.8 Å². The predicted molar refractivity (Wildman–Crippen MR) is 164 cm³/mol. The van der Waals surface area contributed by atoms with E-state index in [1.165, 1.54) is 23.6 Å². The number of fused-ring (bicyclic) bond motifs is 2. The zero-order chi connectivity index (χ0) is 31.8. The molecule has 232 valence electrons. The highest BCUT2D eigenvalue weighted by Gasteiger charge is 2.25. The lowest BCUT2D eigenvalue weighted by Gasteiger charge is -2.18. The molecule has 4 rings (SSSR count). The second kappa shape index (κ2) is 14.7. The average Bonchev–Trinajstić information content (AvgIpc) is 3.32. The maximum absolute atomic E-state index is 12.8. The molecule has 1 aliphatic rings. The molecule has 1 aromatic heterocycles. The number of amides is 2. The highest BCUT2D eigenvalue weighted by molar-refractivity contribution is 8.03. The van der Waals surface area contributed by atoms with Crippen LogP contribution in [0.4, 0.5) is 15.3 Å². The van der Waals surface area contributed by atoms with E-state index in [4.69, 9.17) is 18.9 Å². The van der Waals surface area contributed by atoms with Crippen LogP contribution in [0.15, 0.2) is 64.7 Å². The van der Waals surface area contributed by atoms with Crippen molar-refractivity contribution in [3.8, 4) is 11.5 Å². The minimum absolute atomic E-state index is 0.0326. The Morgan fingerprint density at radius 1 is 1.05 bits per heavy atom. The van der Waals surface area contributed by atoms with Gasteiger partial charge >= 0.3 is 12.2 Å². The molecule has 0 aliphatic carbocycles. The number of pyridine rings is 1. The molecular weight excluding hydrogens is 588 g/mol. The number of rotatable bonds is 11. The van der Waals surface area contributed by atoms with E-state index in [2.05, 4.69) is 5.32 Å². The highest BCUT2D eigenvalue weighted by Crippen LogP contribution is 2.47. The zero-order valence-corrected chi connectivity index (χ0v) is 26.1. The molecule has 0 bridgehead atoms. The monoisotopic (exact) mass is 623 g/mol. The van der Waals surface area contributed by atoms with E-state index >= 15 is 0 Å². The largest absolute Gasteiger partial charge is 0.513 e. The van der Waals surface area contributed by atoms with Gasteiger partial charge in [0.05, 0.1) is 29.3 Å². The van der Waals surface area contributed by atoms with E-state index in [0.29, 0.717) is 29.0 Å². The second-order valence-corrected chi connectivity index (χ2v) is 11.0. The lowest BCUT2D eigenvalue weighted by molar-refractivity contribution is -0.645. The Morgan fingerprint density at radius 2 is 1.84 bits per heavy atom. The Balaban J connectivity index is 1.20. The first-order valence-electron chi connectivity index (χ1n) is 13.9. The van der Waals surface area contributed by atoms with E-state index in [1.54, 1.807) is 68.3 Å². The summed E-state index contributed by atoms with van der Waals surface area (Å²) in [7, 11) is 4.98. The standard InChI is InChI=1S/C31H34N4O8S/c1-6-35-25-18-22(10-11-27(25)44-28(35)16-20(2)36)42-31(39)41-15-14-40-13-12-32-29(37)21-17-23-24(34(5)19-21)8-7-9-26(23)43-30(38)33(3)4/h7-11,16-19H,6,12-15H2,1-5H3/p+1/b28-16-. The summed E-state index contributed by atoms with van der Waals surface area (Å²) in [6.07, 6.45) is 1.89. The molecule has 44 heavy (non-hydrogen) atoms. The van der Waals surface area contributed by atoms with Gasteiger partial charge in [0.25, 0.3) is 5.91 Å². The van der Waals surface area contributed by atoms with Crippen LogP contribution in [0.1, 0.15) is 24.2 Å². The zero-order valence-electron chi connectivity index (χ0n) is 25.2. The van der Waals surface area contributed by atoms with Gasteiger partial charge in [0.1, 0.15) is 30.7 Å². The molecule has 0 saturated heterocycles. The summed E-state index contributed by atoms with van der Waals surface area (Å²) in [5.74, 6) is 0.313. The van der Waals surface area contributed by atoms with Gasteiger partial charge in [-0.15, -0.1) is 0 Å². The molecule has 0 unspecified atom stereocenters. The third-order valence-electron chi connectivity index (χ3n) is 6.41. The molecule has 0 fully saturated rings. The first-order valence-corrected chi connectivity index (χ1v) is 14.7. The second-order valence-electron chi connectivity index (χ2n) is 9.93. The molecule has 12 nitrogen and oxygen atoms in total. The van der Waals surface area contributed by atoms with E-state index in [9.17, 15) is 19.2 Å².